The van der Waals surface area contributed by atoms with Gasteiger partial charge in [-0.15, -0.1) is 6.58 Å². The SMILES string of the molecule is C=CC(C)Cc1ccc(OC)c(C)c1C. The summed E-state index contributed by atoms with van der Waals surface area (Å²) in [5, 5.41) is 0. The maximum Gasteiger partial charge on any atom is 0.122 e. The largest absolute Gasteiger partial charge is 0.496 e. The molecule has 1 nitrogen and oxygen atoms in total. The van der Waals surface area contributed by atoms with Gasteiger partial charge < -0.3 is 4.74 Å². The highest BCUT2D eigenvalue weighted by molar-refractivity contribution is 5.43. The van der Waals surface area contributed by atoms with E-state index in [9.17, 15) is 0 Å². The van der Waals surface area contributed by atoms with Gasteiger partial charge in [-0.3, -0.25) is 0 Å². The molecule has 1 atom stereocenters. The smallest absolute Gasteiger partial charge is 0.122 e. The lowest BCUT2D eigenvalue weighted by Crippen LogP contribution is -2.00. The van der Waals surface area contributed by atoms with Crippen LogP contribution in [0.15, 0.2) is 24.8 Å². The summed E-state index contributed by atoms with van der Waals surface area (Å²) in [7, 11) is 1.72. The van der Waals surface area contributed by atoms with Crippen molar-refractivity contribution in [2.24, 2.45) is 5.92 Å². The molecule has 0 radical (unpaired) electrons. The molecule has 15 heavy (non-hydrogen) atoms. The Morgan fingerprint density at radius 2 is 2.00 bits per heavy atom. The first kappa shape index (κ1) is 11.8. The minimum Gasteiger partial charge on any atom is -0.496 e. The third-order valence-corrected chi connectivity index (χ3v) is 3.01. The lowest BCUT2D eigenvalue weighted by atomic mass is 9.94. The van der Waals surface area contributed by atoms with Gasteiger partial charge in [-0.25, -0.2) is 0 Å². The molecule has 0 amide bonds. The lowest BCUT2D eigenvalue weighted by Gasteiger charge is -2.14. The molecule has 0 fully saturated rings. The summed E-state index contributed by atoms with van der Waals surface area (Å²) in [5.41, 5.74) is 3.97. The predicted molar refractivity (Wildman–Crippen MR) is 65.5 cm³/mol. The molecule has 0 aliphatic heterocycles. The van der Waals surface area contributed by atoms with Gasteiger partial charge in [0, 0.05) is 0 Å². The topological polar surface area (TPSA) is 9.23 Å². The maximum atomic E-state index is 5.29. The Bertz CT molecular complexity index is 353. The second kappa shape index (κ2) is 5.01. The van der Waals surface area contributed by atoms with Crippen LogP contribution in [0.3, 0.4) is 0 Å². The molecule has 0 bridgehead atoms. The summed E-state index contributed by atoms with van der Waals surface area (Å²) in [6, 6.07) is 4.20. The van der Waals surface area contributed by atoms with Crippen molar-refractivity contribution in [2.45, 2.75) is 27.2 Å². The number of ether oxygens (including phenoxy) is 1. The van der Waals surface area contributed by atoms with Crippen molar-refractivity contribution in [2.75, 3.05) is 7.11 Å². The van der Waals surface area contributed by atoms with Crippen molar-refractivity contribution in [1.82, 2.24) is 0 Å². The summed E-state index contributed by atoms with van der Waals surface area (Å²) in [6.07, 6.45) is 3.05. The third-order valence-electron chi connectivity index (χ3n) is 3.01. The first-order valence-electron chi connectivity index (χ1n) is 5.35. The van der Waals surface area contributed by atoms with Crippen LogP contribution in [0.4, 0.5) is 0 Å². The van der Waals surface area contributed by atoms with E-state index in [0.29, 0.717) is 5.92 Å². The monoisotopic (exact) mass is 204 g/mol. The van der Waals surface area contributed by atoms with Crippen LogP contribution in [0.25, 0.3) is 0 Å². The van der Waals surface area contributed by atoms with Crippen molar-refractivity contribution in [3.8, 4) is 5.75 Å². The highest BCUT2D eigenvalue weighted by atomic mass is 16.5. The Labute approximate surface area is 92.8 Å². The van der Waals surface area contributed by atoms with Gasteiger partial charge in [-0.1, -0.05) is 19.1 Å². The fourth-order valence-corrected chi connectivity index (χ4v) is 1.72. The van der Waals surface area contributed by atoms with Crippen molar-refractivity contribution < 1.29 is 4.74 Å². The van der Waals surface area contributed by atoms with E-state index in [1.54, 1.807) is 7.11 Å². The van der Waals surface area contributed by atoms with E-state index >= 15 is 0 Å². The van der Waals surface area contributed by atoms with E-state index in [-0.39, 0.29) is 0 Å². The summed E-state index contributed by atoms with van der Waals surface area (Å²) in [5.74, 6) is 1.50. The highest BCUT2D eigenvalue weighted by Crippen LogP contribution is 2.25. The van der Waals surface area contributed by atoms with Gasteiger partial charge in [0.25, 0.3) is 0 Å². The average Bonchev–Trinajstić information content (AvgIpc) is 2.25. The third kappa shape index (κ3) is 2.62. The molecular weight excluding hydrogens is 184 g/mol. The van der Waals surface area contributed by atoms with Gasteiger partial charge in [-0.05, 0) is 48.9 Å². The van der Waals surface area contributed by atoms with Crippen LogP contribution in [0.5, 0.6) is 5.75 Å². The fraction of sp³-hybridized carbons (Fsp3) is 0.429. The number of hydrogen-bond donors (Lipinski definition) is 0. The van der Waals surface area contributed by atoms with Gasteiger partial charge in [-0.2, -0.15) is 0 Å². The van der Waals surface area contributed by atoms with E-state index in [1.807, 2.05) is 12.1 Å². The quantitative estimate of drug-likeness (QED) is 0.680. The van der Waals surface area contributed by atoms with E-state index in [1.165, 1.54) is 16.7 Å². The molecule has 0 aromatic heterocycles. The minimum atomic E-state index is 0.525. The van der Waals surface area contributed by atoms with Crippen LogP contribution in [0.2, 0.25) is 0 Å². The lowest BCUT2D eigenvalue weighted by molar-refractivity contribution is 0.411. The van der Waals surface area contributed by atoms with Crippen molar-refractivity contribution in [1.29, 1.82) is 0 Å². The van der Waals surface area contributed by atoms with E-state index in [2.05, 4.69) is 33.4 Å². The van der Waals surface area contributed by atoms with Gasteiger partial charge >= 0.3 is 0 Å². The molecule has 1 unspecified atom stereocenters. The van der Waals surface area contributed by atoms with Crippen LogP contribution in [0, 0.1) is 19.8 Å². The zero-order valence-corrected chi connectivity index (χ0v) is 10.1. The number of benzene rings is 1. The molecule has 0 heterocycles. The molecule has 0 spiro atoms. The molecule has 0 saturated heterocycles. The van der Waals surface area contributed by atoms with Gasteiger partial charge in [0.15, 0.2) is 0 Å². The molecule has 1 aromatic carbocycles. The van der Waals surface area contributed by atoms with E-state index < -0.39 is 0 Å². The summed E-state index contributed by atoms with van der Waals surface area (Å²) < 4.78 is 5.29. The van der Waals surface area contributed by atoms with Gasteiger partial charge in [0.2, 0.25) is 0 Å². The summed E-state index contributed by atoms with van der Waals surface area (Å²) in [4.78, 5) is 0. The molecule has 0 saturated carbocycles. The first-order valence-corrected chi connectivity index (χ1v) is 5.35. The van der Waals surface area contributed by atoms with Crippen LogP contribution in [0.1, 0.15) is 23.6 Å². The summed E-state index contributed by atoms with van der Waals surface area (Å²) in [6.45, 7) is 10.3. The van der Waals surface area contributed by atoms with Crippen LogP contribution in [-0.2, 0) is 6.42 Å². The van der Waals surface area contributed by atoms with Crippen molar-refractivity contribution in [3.05, 3.63) is 41.5 Å². The number of rotatable bonds is 4. The molecule has 1 heteroatoms. The van der Waals surface area contributed by atoms with Crippen molar-refractivity contribution in [3.63, 3.8) is 0 Å². The van der Waals surface area contributed by atoms with Gasteiger partial charge in [0.1, 0.15) is 5.75 Å². The van der Waals surface area contributed by atoms with E-state index in [0.717, 1.165) is 12.2 Å². The summed E-state index contributed by atoms with van der Waals surface area (Å²) >= 11 is 0. The first-order chi connectivity index (χ1) is 7.10. The van der Waals surface area contributed by atoms with Crippen LogP contribution < -0.4 is 4.74 Å². The molecule has 1 rings (SSSR count). The predicted octanol–water partition coefficient (Wildman–Crippen LogP) is 3.68. The Morgan fingerprint density at radius 1 is 1.33 bits per heavy atom. The zero-order chi connectivity index (χ0) is 11.4. The molecular formula is C14H20O. The van der Waals surface area contributed by atoms with E-state index in [4.69, 9.17) is 4.74 Å². The molecule has 0 aliphatic rings. The zero-order valence-electron chi connectivity index (χ0n) is 10.1. The van der Waals surface area contributed by atoms with Crippen molar-refractivity contribution >= 4 is 0 Å². The molecule has 1 aromatic rings. The Kier molecular flexibility index (Phi) is 3.96. The Balaban J connectivity index is 3.01. The number of methoxy groups -OCH3 is 1. The molecule has 0 aliphatic carbocycles. The normalized spacial score (nSPS) is 12.3. The number of hydrogen-bond acceptors (Lipinski definition) is 1. The Morgan fingerprint density at radius 3 is 2.53 bits per heavy atom. The Hall–Kier alpha value is -1.24. The van der Waals surface area contributed by atoms with Crippen LogP contribution >= 0.6 is 0 Å². The van der Waals surface area contributed by atoms with Crippen LogP contribution in [-0.4, -0.2) is 7.11 Å². The standard InChI is InChI=1S/C14H20O/c1-6-10(2)9-13-7-8-14(15-5)12(4)11(13)3/h6-8,10H,1,9H2,2-5H3. The fourth-order valence-electron chi connectivity index (χ4n) is 1.72. The molecule has 0 N–H and O–H groups in total. The second-order valence-electron chi connectivity index (χ2n) is 4.09. The minimum absolute atomic E-state index is 0.525. The maximum absolute atomic E-state index is 5.29. The molecule has 82 valence electrons. The van der Waals surface area contributed by atoms with Gasteiger partial charge in [0.05, 0.1) is 7.11 Å². The number of allylic oxidation sites excluding steroid dienone is 1. The average molecular weight is 204 g/mol. The second-order valence-corrected chi connectivity index (χ2v) is 4.09. The highest BCUT2D eigenvalue weighted by Gasteiger charge is 2.08.